The van der Waals surface area contributed by atoms with E-state index in [2.05, 4.69) is 22.3 Å². The minimum atomic E-state index is 0.153. The molecule has 0 bridgehead atoms. The van der Waals surface area contributed by atoms with E-state index < -0.39 is 0 Å². The number of rotatable bonds is 4. The molecule has 0 radical (unpaired) electrons. The molecule has 1 aromatic heterocycles. The molecule has 2 heterocycles. The number of piperidine rings is 1. The molecule has 1 fully saturated rings. The first kappa shape index (κ1) is 14.6. The number of carbonyl (C=O) groups excluding carboxylic acids is 1. The second-order valence-corrected chi connectivity index (χ2v) is 5.80. The lowest BCUT2D eigenvalue weighted by atomic mass is 10.0. The van der Waals surface area contributed by atoms with Crippen molar-refractivity contribution in [2.45, 2.75) is 19.8 Å². The Morgan fingerprint density at radius 1 is 1.41 bits per heavy atom. The Labute approximate surface area is 130 Å². The molecular weight excluding hydrogens is 278 g/mol. The zero-order chi connectivity index (χ0) is 15.4. The molecule has 1 atom stereocenters. The molecule has 1 unspecified atom stereocenters. The molecule has 1 aromatic carbocycles. The van der Waals surface area contributed by atoms with Crippen LogP contribution in [0.5, 0.6) is 0 Å². The van der Waals surface area contributed by atoms with Gasteiger partial charge in [0.1, 0.15) is 12.7 Å². The van der Waals surface area contributed by atoms with E-state index in [-0.39, 0.29) is 5.91 Å². The molecule has 1 aliphatic heterocycles. The maximum atomic E-state index is 12.3. The van der Waals surface area contributed by atoms with Crippen molar-refractivity contribution >= 4 is 11.6 Å². The SMILES string of the molecule is CC1CCCN(C(=O)CNc2ccccc2-n2cncn2)C1. The number of hydrogen-bond donors (Lipinski definition) is 1. The largest absolute Gasteiger partial charge is 0.374 e. The van der Waals surface area contributed by atoms with Crippen LogP contribution in [0.25, 0.3) is 5.69 Å². The minimum absolute atomic E-state index is 0.153. The maximum Gasteiger partial charge on any atom is 0.241 e. The van der Waals surface area contributed by atoms with Crippen LogP contribution in [0.4, 0.5) is 5.69 Å². The summed E-state index contributed by atoms with van der Waals surface area (Å²) in [7, 11) is 0. The van der Waals surface area contributed by atoms with Gasteiger partial charge in [-0.05, 0) is 30.9 Å². The predicted octanol–water partition coefficient (Wildman–Crippen LogP) is 1.94. The predicted molar refractivity (Wildman–Crippen MR) is 84.8 cm³/mol. The highest BCUT2D eigenvalue weighted by atomic mass is 16.2. The van der Waals surface area contributed by atoms with Crippen LogP contribution in [-0.4, -0.2) is 45.2 Å². The lowest BCUT2D eigenvalue weighted by molar-refractivity contribution is -0.130. The highest BCUT2D eigenvalue weighted by Gasteiger charge is 2.20. The molecule has 1 amide bonds. The summed E-state index contributed by atoms with van der Waals surface area (Å²) in [5, 5.41) is 7.38. The first-order chi connectivity index (χ1) is 10.7. The maximum absolute atomic E-state index is 12.3. The molecule has 0 saturated carbocycles. The van der Waals surface area contributed by atoms with Gasteiger partial charge in [0.25, 0.3) is 0 Å². The van der Waals surface area contributed by atoms with E-state index in [9.17, 15) is 4.79 Å². The van der Waals surface area contributed by atoms with Crippen LogP contribution in [0.15, 0.2) is 36.9 Å². The molecule has 3 rings (SSSR count). The first-order valence-electron chi connectivity index (χ1n) is 7.69. The number of nitrogens with zero attached hydrogens (tertiary/aromatic N) is 4. The van der Waals surface area contributed by atoms with Gasteiger partial charge in [-0.25, -0.2) is 9.67 Å². The third-order valence-electron chi connectivity index (χ3n) is 4.01. The number of benzene rings is 1. The van der Waals surface area contributed by atoms with Crippen molar-refractivity contribution in [2.24, 2.45) is 5.92 Å². The van der Waals surface area contributed by atoms with Gasteiger partial charge in [-0.2, -0.15) is 5.10 Å². The van der Waals surface area contributed by atoms with E-state index in [0.29, 0.717) is 12.5 Å². The van der Waals surface area contributed by atoms with Crippen molar-refractivity contribution in [1.82, 2.24) is 19.7 Å². The van der Waals surface area contributed by atoms with Crippen LogP contribution >= 0.6 is 0 Å². The summed E-state index contributed by atoms with van der Waals surface area (Å²) in [4.78, 5) is 18.3. The van der Waals surface area contributed by atoms with Crippen molar-refractivity contribution in [3.8, 4) is 5.69 Å². The number of aromatic nitrogens is 3. The minimum Gasteiger partial charge on any atom is -0.374 e. The molecule has 0 aliphatic carbocycles. The fourth-order valence-electron chi connectivity index (χ4n) is 2.85. The summed E-state index contributed by atoms with van der Waals surface area (Å²) in [5.74, 6) is 0.750. The zero-order valence-electron chi connectivity index (χ0n) is 12.8. The van der Waals surface area contributed by atoms with Gasteiger partial charge in [-0.1, -0.05) is 19.1 Å². The average Bonchev–Trinajstić information content (AvgIpc) is 3.07. The summed E-state index contributed by atoms with van der Waals surface area (Å²) in [6, 6.07) is 7.78. The Hall–Kier alpha value is -2.37. The topological polar surface area (TPSA) is 63.1 Å². The van der Waals surface area contributed by atoms with E-state index in [1.54, 1.807) is 11.0 Å². The molecule has 1 saturated heterocycles. The van der Waals surface area contributed by atoms with Crippen LogP contribution in [0.3, 0.4) is 0 Å². The number of carbonyl (C=O) groups is 1. The van der Waals surface area contributed by atoms with Crippen LogP contribution in [0.2, 0.25) is 0 Å². The molecule has 1 N–H and O–H groups in total. The highest BCUT2D eigenvalue weighted by molar-refractivity contribution is 5.81. The molecule has 0 spiro atoms. The standard InChI is InChI=1S/C16H21N5O/c1-13-5-4-8-20(10-13)16(22)9-18-14-6-2-3-7-15(14)21-12-17-11-19-21/h2-3,6-7,11-13,18H,4-5,8-10H2,1H3. The Balaban J connectivity index is 1.65. The van der Waals surface area contributed by atoms with E-state index in [1.165, 1.54) is 12.7 Å². The van der Waals surface area contributed by atoms with Crippen molar-refractivity contribution < 1.29 is 4.79 Å². The van der Waals surface area contributed by atoms with Gasteiger partial charge in [0.15, 0.2) is 0 Å². The molecule has 6 heteroatoms. The van der Waals surface area contributed by atoms with E-state index >= 15 is 0 Å². The molecule has 1 aliphatic rings. The Bertz CT molecular complexity index is 625. The van der Waals surface area contributed by atoms with Crippen LogP contribution in [0.1, 0.15) is 19.8 Å². The second kappa shape index (κ2) is 6.60. The lowest BCUT2D eigenvalue weighted by Gasteiger charge is -2.31. The van der Waals surface area contributed by atoms with E-state index in [1.807, 2.05) is 29.2 Å². The third kappa shape index (κ3) is 3.27. The van der Waals surface area contributed by atoms with E-state index in [4.69, 9.17) is 0 Å². The number of likely N-dealkylation sites (tertiary alicyclic amines) is 1. The van der Waals surface area contributed by atoms with Gasteiger partial charge in [0.2, 0.25) is 5.91 Å². The second-order valence-electron chi connectivity index (χ2n) is 5.80. The molecule has 22 heavy (non-hydrogen) atoms. The number of anilines is 1. The van der Waals surface area contributed by atoms with Gasteiger partial charge in [-0.3, -0.25) is 4.79 Å². The molecular formula is C16H21N5O. The molecule has 116 valence electrons. The van der Waals surface area contributed by atoms with Crippen molar-refractivity contribution in [2.75, 3.05) is 25.0 Å². The van der Waals surface area contributed by atoms with Crippen molar-refractivity contribution in [3.05, 3.63) is 36.9 Å². The average molecular weight is 299 g/mol. The van der Waals surface area contributed by atoms with Crippen molar-refractivity contribution in [3.63, 3.8) is 0 Å². The van der Waals surface area contributed by atoms with E-state index in [0.717, 1.165) is 30.9 Å². The Morgan fingerprint density at radius 2 is 2.27 bits per heavy atom. The zero-order valence-corrected chi connectivity index (χ0v) is 12.8. The Kier molecular flexibility index (Phi) is 4.37. The quantitative estimate of drug-likeness (QED) is 0.937. The molecule has 2 aromatic rings. The summed E-state index contributed by atoms with van der Waals surface area (Å²) in [5.41, 5.74) is 1.77. The van der Waals surface area contributed by atoms with Crippen LogP contribution in [-0.2, 0) is 4.79 Å². The summed E-state index contributed by atoms with van der Waals surface area (Å²) < 4.78 is 1.69. The highest BCUT2D eigenvalue weighted by Crippen LogP contribution is 2.19. The van der Waals surface area contributed by atoms with Gasteiger partial charge in [0.05, 0.1) is 17.9 Å². The number of amides is 1. The normalized spacial score (nSPS) is 18.2. The van der Waals surface area contributed by atoms with Crippen LogP contribution in [0, 0.1) is 5.92 Å². The molecule has 6 nitrogen and oxygen atoms in total. The fraction of sp³-hybridized carbons (Fsp3) is 0.438. The fourth-order valence-corrected chi connectivity index (χ4v) is 2.85. The Morgan fingerprint density at radius 3 is 3.05 bits per heavy atom. The van der Waals surface area contributed by atoms with Crippen LogP contribution < -0.4 is 5.32 Å². The summed E-state index contributed by atoms with van der Waals surface area (Å²) >= 11 is 0. The summed E-state index contributed by atoms with van der Waals surface area (Å²) in [6.07, 6.45) is 5.46. The number of para-hydroxylation sites is 2. The first-order valence-corrected chi connectivity index (χ1v) is 7.69. The van der Waals surface area contributed by atoms with Gasteiger partial charge in [0, 0.05) is 13.1 Å². The smallest absolute Gasteiger partial charge is 0.241 e. The number of hydrogen-bond acceptors (Lipinski definition) is 4. The monoisotopic (exact) mass is 299 g/mol. The lowest BCUT2D eigenvalue weighted by Crippen LogP contribution is -2.42. The van der Waals surface area contributed by atoms with Crippen molar-refractivity contribution in [1.29, 1.82) is 0 Å². The third-order valence-corrected chi connectivity index (χ3v) is 4.01. The summed E-state index contributed by atoms with van der Waals surface area (Å²) in [6.45, 7) is 4.24. The van der Waals surface area contributed by atoms with Gasteiger partial charge >= 0.3 is 0 Å². The van der Waals surface area contributed by atoms with Gasteiger partial charge in [-0.15, -0.1) is 0 Å². The van der Waals surface area contributed by atoms with Gasteiger partial charge < -0.3 is 10.2 Å². The number of nitrogens with one attached hydrogen (secondary N) is 1.